The van der Waals surface area contributed by atoms with Gasteiger partial charge >= 0.3 is 0 Å². The highest BCUT2D eigenvalue weighted by molar-refractivity contribution is 5.88. The zero-order valence-corrected chi connectivity index (χ0v) is 16.0. The maximum Gasteiger partial charge on any atom is 0.247 e. The van der Waals surface area contributed by atoms with Gasteiger partial charge in [0, 0.05) is 30.3 Å². The molecule has 0 amide bonds. The molecule has 1 aromatic carbocycles. The van der Waals surface area contributed by atoms with Crippen molar-refractivity contribution >= 4 is 34.0 Å². The van der Waals surface area contributed by atoms with E-state index >= 15 is 0 Å². The molecule has 0 saturated carbocycles. The molecule has 0 atom stereocenters. The summed E-state index contributed by atoms with van der Waals surface area (Å²) in [5.41, 5.74) is 4.91. The van der Waals surface area contributed by atoms with E-state index in [1.165, 1.54) is 0 Å². The van der Waals surface area contributed by atoms with Gasteiger partial charge in [-0.3, -0.25) is 5.10 Å². The highest BCUT2D eigenvalue weighted by Gasteiger charge is 2.16. The topological polar surface area (TPSA) is 92.2 Å². The number of hydrogen-bond donors (Lipinski definition) is 3. The molecule has 8 nitrogen and oxygen atoms in total. The molecule has 1 aliphatic rings. The summed E-state index contributed by atoms with van der Waals surface area (Å²) < 4.78 is 7.30. The number of aryl methyl sites for hydroxylation is 2. The maximum absolute atomic E-state index is 5.45. The Labute approximate surface area is 162 Å². The number of pyridine rings is 1. The molecule has 5 rings (SSSR count). The van der Waals surface area contributed by atoms with Crippen molar-refractivity contribution in [3.05, 3.63) is 41.6 Å². The molecule has 1 fully saturated rings. The van der Waals surface area contributed by atoms with Crippen LogP contribution in [0, 0.1) is 13.8 Å². The fourth-order valence-electron chi connectivity index (χ4n) is 3.88. The van der Waals surface area contributed by atoms with Crippen LogP contribution in [0.25, 0.3) is 16.6 Å². The normalized spacial score (nSPS) is 15.4. The van der Waals surface area contributed by atoms with Gasteiger partial charge in [0.05, 0.1) is 11.2 Å². The van der Waals surface area contributed by atoms with Crippen molar-refractivity contribution in [1.82, 2.24) is 24.8 Å². The van der Waals surface area contributed by atoms with Crippen LogP contribution in [-0.4, -0.2) is 44.1 Å². The first-order valence-electron chi connectivity index (χ1n) is 9.60. The zero-order valence-electron chi connectivity index (χ0n) is 16.0. The Bertz CT molecular complexity index is 1140. The van der Waals surface area contributed by atoms with E-state index in [1.807, 2.05) is 35.7 Å². The number of aromatic nitrogens is 5. The van der Waals surface area contributed by atoms with Crippen molar-refractivity contribution in [2.45, 2.75) is 32.7 Å². The molecular weight excluding hydrogens is 354 g/mol. The smallest absolute Gasteiger partial charge is 0.247 e. The third-order valence-corrected chi connectivity index (χ3v) is 5.23. The van der Waals surface area contributed by atoms with E-state index in [1.54, 1.807) is 0 Å². The van der Waals surface area contributed by atoms with E-state index in [0.29, 0.717) is 12.0 Å². The average Bonchev–Trinajstić information content (AvgIpc) is 3.27. The Morgan fingerprint density at radius 2 is 2.04 bits per heavy atom. The highest BCUT2D eigenvalue weighted by atomic mass is 16.5. The standard InChI is InChI=1S/C20H23N7O/c1-12-10-15(11-16-19(12)13(2)24-25-16)22-20-23-18-5-3-4-17(27(18)26-20)21-14-6-8-28-9-7-14/h3-5,10-11,14,21H,6-9H2,1-2H3,(H,22,26)(H,24,25). The Kier molecular flexibility index (Phi) is 4.12. The molecule has 0 radical (unpaired) electrons. The van der Waals surface area contributed by atoms with Crippen LogP contribution in [0.4, 0.5) is 17.5 Å². The number of nitrogens with one attached hydrogen (secondary N) is 3. The molecule has 0 aliphatic carbocycles. The minimum absolute atomic E-state index is 0.397. The van der Waals surface area contributed by atoms with Gasteiger partial charge in [-0.25, -0.2) is 0 Å². The minimum atomic E-state index is 0.397. The van der Waals surface area contributed by atoms with Gasteiger partial charge in [-0.15, -0.1) is 5.10 Å². The van der Waals surface area contributed by atoms with E-state index in [-0.39, 0.29) is 0 Å². The van der Waals surface area contributed by atoms with Gasteiger partial charge in [-0.2, -0.15) is 14.6 Å². The molecule has 0 unspecified atom stereocenters. The van der Waals surface area contributed by atoms with Gasteiger partial charge < -0.3 is 15.4 Å². The number of benzene rings is 1. The number of anilines is 3. The Hall–Kier alpha value is -3.13. The van der Waals surface area contributed by atoms with Crippen LogP contribution in [0.2, 0.25) is 0 Å². The maximum atomic E-state index is 5.45. The van der Waals surface area contributed by atoms with E-state index in [9.17, 15) is 0 Å². The predicted octanol–water partition coefficient (Wildman–Crippen LogP) is 3.56. The summed E-state index contributed by atoms with van der Waals surface area (Å²) in [6.07, 6.45) is 2.00. The summed E-state index contributed by atoms with van der Waals surface area (Å²) in [4.78, 5) is 4.63. The summed E-state index contributed by atoms with van der Waals surface area (Å²) in [6.45, 7) is 5.69. The molecule has 0 bridgehead atoms. The quantitative estimate of drug-likeness (QED) is 0.504. The Morgan fingerprint density at radius 1 is 1.18 bits per heavy atom. The largest absolute Gasteiger partial charge is 0.381 e. The lowest BCUT2D eigenvalue weighted by molar-refractivity contribution is 0.0903. The molecule has 8 heteroatoms. The van der Waals surface area contributed by atoms with Gasteiger partial charge in [-0.1, -0.05) is 6.07 Å². The van der Waals surface area contributed by atoms with Gasteiger partial charge in [0.1, 0.15) is 5.82 Å². The summed E-state index contributed by atoms with van der Waals surface area (Å²) >= 11 is 0. The third kappa shape index (κ3) is 3.05. The number of H-pyrrole nitrogens is 1. The van der Waals surface area contributed by atoms with E-state index < -0.39 is 0 Å². The molecule has 1 saturated heterocycles. The lowest BCUT2D eigenvalue weighted by atomic mass is 10.1. The number of rotatable bonds is 4. The third-order valence-electron chi connectivity index (χ3n) is 5.23. The van der Waals surface area contributed by atoms with Crippen molar-refractivity contribution in [1.29, 1.82) is 0 Å². The Morgan fingerprint density at radius 3 is 2.89 bits per heavy atom. The second-order valence-electron chi connectivity index (χ2n) is 7.30. The molecule has 1 aliphatic heterocycles. The van der Waals surface area contributed by atoms with Crippen molar-refractivity contribution in [2.75, 3.05) is 23.8 Å². The first-order chi connectivity index (χ1) is 13.7. The van der Waals surface area contributed by atoms with Crippen LogP contribution < -0.4 is 10.6 Å². The lowest BCUT2D eigenvalue weighted by Gasteiger charge is -2.24. The average molecular weight is 377 g/mol. The first kappa shape index (κ1) is 17.0. The number of aromatic amines is 1. The predicted molar refractivity (Wildman–Crippen MR) is 109 cm³/mol. The highest BCUT2D eigenvalue weighted by Crippen LogP contribution is 2.26. The molecular formula is C20H23N7O. The lowest BCUT2D eigenvalue weighted by Crippen LogP contribution is -2.28. The number of ether oxygens (including phenoxy) is 1. The van der Waals surface area contributed by atoms with Gasteiger partial charge in [0.2, 0.25) is 5.95 Å². The van der Waals surface area contributed by atoms with Crippen LogP contribution in [0.15, 0.2) is 30.3 Å². The summed E-state index contributed by atoms with van der Waals surface area (Å²) in [6, 6.07) is 10.5. The molecule has 4 heterocycles. The van der Waals surface area contributed by atoms with Crippen LogP contribution in [-0.2, 0) is 4.74 Å². The zero-order chi connectivity index (χ0) is 19.1. The van der Waals surface area contributed by atoms with Crippen molar-refractivity contribution in [3.63, 3.8) is 0 Å². The van der Waals surface area contributed by atoms with E-state index in [2.05, 4.69) is 43.9 Å². The van der Waals surface area contributed by atoms with Crippen LogP contribution in [0.3, 0.4) is 0 Å². The monoisotopic (exact) mass is 377 g/mol. The number of hydrogen-bond acceptors (Lipinski definition) is 6. The SMILES string of the molecule is Cc1cc(Nc2nc3cccc(NC4CCOCC4)n3n2)cc2[nH]nc(C)c12. The van der Waals surface area contributed by atoms with Crippen molar-refractivity contribution in [3.8, 4) is 0 Å². The summed E-state index contributed by atoms with van der Waals surface area (Å²) in [7, 11) is 0. The molecule has 3 N–H and O–H groups in total. The summed E-state index contributed by atoms with van der Waals surface area (Å²) in [5, 5.41) is 20.1. The molecule has 28 heavy (non-hydrogen) atoms. The first-order valence-corrected chi connectivity index (χ1v) is 9.60. The fourth-order valence-corrected chi connectivity index (χ4v) is 3.88. The van der Waals surface area contributed by atoms with Crippen LogP contribution in [0.5, 0.6) is 0 Å². The van der Waals surface area contributed by atoms with Crippen LogP contribution >= 0.6 is 0 Å². The van der Waals surface area contributed by atoms with Crippen LogP contribution in [0.1, 0.15) is 24.1 Å². The molecule has 3 aromatic heterocycles. The van der Waals surface area contributed by atoms with Gasteiger partial charge in [0.25, 0.3) is 0 Å². The number of nitrogens with zero attached hydrogens (tertiary/aromatic N) is 4. The summed E-state index contributed by atoms with van der Waals surface area (Å²) in [5.74, 6) is 1.51. The van der Waals surface area contributed by atoms with Crippen molar-refractivity contribution < 1.29 is 4.74 Å². The second-order valence-corrected chi connectivity index (χ2v) is 7.30. The molecule has 0 spiro atoms. The van der Waals surface area contributed by atoms with Gasteiger partial charge in [0.15, 0.2) is 5.65 Å². The minimum Gasteiger partial charge on any atom is -0.381 e. The second kappa shape index (κ2) is 6.79. The van der Waals surface area contributed by atoms with Gasteiger partial charge in [-0.05, 0) is 56.5 Å². The van der Waals surface area contributed by atoms with E-state index in [0.717, 1.165) is 65.4 Å². The Balaban J connectivity index is 1.44. The fraction of sp³-hybridized carbons (Fsp3) is 0.350. The van der Waals surface area contributed by atoms with Crippen molar-refractivity contribution in [2.24, 2.45) is 0 Å². The number of fused-ring (bicyclic) bond motifs is 2. The molecule has 144 valence electrons. The molecule has 4 aromatic rings. The van der Waals surface area contributed by atoms with E-state index in [4.69, 9.17) is 4.74 Å².